The number of rotatable bonds is 4. The van der Waals surface area contributed by atoms with Crippen LogP contribution in [0.1, 0.15) is 0 Å². The van der Waals surface area contributed by atoms with Crippen LogP contribution in [-0.2, 0) is 11.3 Å². The summed E-state index contributed by atoms with van der Waals surface area (Å²) in [5.41, 5.74) is 3.58. The van der Waals surface area contributed by atoms with Gasteiger partial charge in [0.2, 0.25) is 5.91 Å². The van der Waals surface area contributed by atoms with Crippen molar-refractivity contribution in [2.45, 2.75) is 6.54 Å². The highest BCUT2D eigenvalue weighted by atomic mass is 16.1. The Bertz CT molecular complexity index is 779. The number of para-hydroxylation sites is 2. The summed E-state index contributed by atoms with van der Waals surface area (Å²) in [6.07, 6.45) is 1.69. The van der Waals surface area contributed by atoms with Crippen LogP contribution in [0.4, 0.5) is 11.4 Å². The molecule has 0 unspecified atom stereocenters. The number of carbonyl (C=O) groups is 1. The molecule has 0 aliphatic heterocycles. The zero-order chi connectivity index (χ0) is 14.7. The average Bonchev–Trinajstić information content (AvgIpc) is 2.91. The molecule has 3 rings (SSSR count). The molecule has 1 amide bonds. The van der Waals surface area contributed by atoms with E-state index >= 15 is 0 Å². The van der Waals surface area contributed by atoms with Crippen molar-refractivity contribution in [3.05, 3.63) is 54.9 Å². The second-order valence-electron chi connectivity index (χ2n) is 4.74. The maximum atomic E-state index is 12.1. The topological polar surface area (TPSA) is 58.9 Å². The van der Waals surface area contributed by atoms with Crippen LogP contribution in [0.15, 0.2) is 54.9 Å². The van der Waals surface area contributed by atoms with Gasteiger partial charge in [0.25, 0.3) is 0 Å². The van der Waals surface area contributed by atoms with Crippen LogP contribution in [0.3, 0.4) is 0 Å². The number of amides is 1. The molecule has 5 heteroatoms. The number of benzene rings is 2. The van der Waals surface area contributed by atoms with Crippen molar-refractivity contribution in [2.24, 2.45) is 0 Å². The molecule has 0 saturated heterocycles. The molecule has 0 spiro atoms. The van der Waals surface area contributed by atoms with E-state index in [2.05, 4.69) is 15.6 Å². The van der Waals surface area contributed by atoms with Crippen LogP contribution in [0.5, 0.6) is 0 Å². The Kier molecular flexibility index (Phi) is 3.55. The molecule has 0 saturated carbocycles. The lowest BCUT2D eigenvalue weighted by atomic mass is 10.2. The van der Waals surface area contributed by atoms with Gasteiger partial charge in [-0.05, 0) is 30.3 Å². The first-order chi connectivity index (χ1) is 10.3. The van der Waals surface area contributed by atoms with E-state index in [1.807, 2.05) is 60.1 Å². The highest BCUT2D eigenvalue weighted by Gasteiger charge is 2.07. The predicted octanol–water partition coefficient (Wildman–Crippen LogP) is 2.72. The Morgan fingerprint density at radius 2 is 1.95 bits per heavy atom. The minimum atomic E-state index is -0.0774. The summed E-state index contributed by atoms with van der Waals surface area (Å²) in [5.74, 6) is -0.0774. The van der Waals surface area contributed by atoms with Crippen LogP contribution in [0, 0.1) is 0 Å². The number of carbonyl (C=O) groups excluding carboxylic acids is 1. The minimum absolute atomic E-state index is 0.0774. The molecule has 106 valence electrons. The molecular formula is C16H16N4O. The van der Waals surface area contributed by atoms with Gasteiger partial charge in [0.15, 0.2) is 0 Å². The maximum Gasteiger partial charge on any atom is 0.244 e. The van der Waals surface area contributed by atoms with Gasteiger partial charge in [0.1, 0.15) is 6.54 Å². The van der Waals surface area contributed by atoms with Gasteiger partial charge in [0, 0.05) is 18.4 Å². The third-order valence-corrected chi connectivity index (χ3v) is 3.28. The summed E-state index contributed by atoms with van der Waals surface area (Å²) in [6.45, 7) is 0.240. The molecular weight excluding hydrogens is 264 g/mol. The zero-order valence-electron chi connectivity index (χ0n) is 11.7. The van der Waals surface area contributed by atoms with Crippen LogP contribution >= 0.6 is 0 Å². The Balaban J connectivity index is 1.74. The summed E-state index contributed by atoms with van der Waals surface area (Å²) in [5, 5.41) is 5.94. The van der Waals surface area contributed by atoms with Gasteiger partial charge in [-0.1, -0.05) is 18.2 Å². The molecule has 1 aromatic heterocycles. The molecule has 3 aromatic rings. The normalized spacial score (nSPS) is 10.5. The van der Waals surface area contributed by atoms with Crippen molar-refractivity contribution < 1.29 is 4.79 Å². The van der Waals surface area contributed by atoms with Crippen molar-refractivity contribution in [1.29, 1.82) is 0 Å². The molecule has 0 fully saturated rings. The monoisotopic (exact) mass is 280 g/mol. The third-order valence-electron chi connectivity index (χ3n) is 3.28. The largest absolute Gasteiger partial charge is 0.388 e. The fourth-order valence-electron chi connectivity index (χ4n) is 2.24. The Morgan fingerprint density at radius 3 is 2.81 bits per heavy atom. The SMILES string of the molecule is CNc1cccc(NC(=O)Cn2cnc3ccccc32)c1. The van der Waals surface area contributed by atoms with Crippen molar-refractivity contribution >= 4 is 28.3 Å². The number of imidazole rings is 1. The van der Waals surface area contributed by atoms with E-state index in [0.717, 1.165) is 22.4 Å². The van der Waals surface area contributed by atoms with Crippen molar-refractivity contribution in [3.8, 4) is 0 Å². The Hall–Kier alpha value is -2.82. The second kappa shape index (κ2) is 5.66. The number of anilines is 2. The Morgan fingerprint density at radius 1 is 1.14 bits per heavy atom. The van der Waals surface area contributed by atoms with Gasteiger partial charge < -0.3 is 15.2 Å². The summed E-state index contributed by atoms with van der Waals surface area (Å²) in [7, 11) is 1.85. The second-order valence-corrected chi connectivity index (χ2v) is 4.74. The fraction of sp³-hybridized carbons (Fsp3) is 0.125. The number of hydrogen-bond acceptors (Lipinski definition) is 3. The molecule has 2 aromatic carbocycles. The molecule has 0 bridgehead atoms. The van der Waals surface area contributed by atoms with E-state index in [1.54, 1.807) is 6.33 Å². The van der Waals surface area contributed by atoms with Crippen molar-refractivity contribution in [1.82, 2.24) is 9.55 Å². The Labute approximate surface area is 122 Å². The standard InChI is InChI=1S/C16H16N4O/c1-17-12-5-4-6-13(9-12)19-16(21)10-20-11-18-14-7-2-3-8-15(14)20/h2-9,11,17H,10H2,1H3,(H,19,21). The van der Waals surface area contributed by atoms with Gasteiger partial charge in [-0.25, -0.2) is 4.98 Å². The molecule has 0 aliphatic carbocycles. The van der Waals surface area contributed by atoms with E-state index in [1.165, 1.54) is 0 Å². The van der Waals surface area contributed by atoms with Crippen LogP contribution in [0.2, 0.25) is 0 Å². The van der Waals surface area contributed by atoms with E-state index < -0.39 is 0 Å². The highest BCUT2D eigenvalue weighted by molar-refractivity contribution is 5.92. The van der Waals surface area contributed by atoms with Crippen LogP contribution in [-0.4, -0.2) is 22.5 Å². The number of aromatic nitrogens is 2. The molecule has 0 atom stereocenters. The molecule has 0 radical (unpaired) electrons. The number of nitrogens with zero attached hydrogens (tertiary/aromatic N) is 2. The number of hydrogen-bond donors (Lipinski definition) is 2. The number of nitrogens with one attached hydrogen (secondary N) is 2. The molecule has 0 aliphatic rings. The van der Waals surface area contributed by atoms with Crippen molar-refractivity contribution in [3.63, 3.8) is 0 Å². The summed E-state index contributed by atoms with van der Waals surface area (Å²) >= 11 is 0. The fourth-order valence-corrected chi connectivity index (χ4v) is 2.24. The first-order valence-electron chi connectivity index (χ1n) is 6.74. The summed E-state index contributed by atoms with van der Waals surface area (Å²) in [6, 6.07) is 15.4. The minimum Gasteiger partial charge on any atom is -0.388 e. The van der Waals surface area contributed by atoms with Gasteiger partial charge in [-0.15, -0.1) is 0 Å². The van der Waals surface area contributed by atoms with Gasteiger partial charge >= 0.3 is 0 Å². The van der Waals surface area contributed by atoms with E-state index in [0.29, 0.717) is 0 Å². The van der Waals surface area contributed by atoms with Gasteiger partial charge in [0.05, 0.1) is 17.4 Å². The van der Waals surface area contributed by atoms with E-state index in [-0.39, 0.29) is 12.5 Å². The average molecular weight is 280 g/mol. The molecule has 5 nitrogen and oxygen atoms in total. The molecule has 2 N–H and O–H groups in total. The predicted molar refractivity (Wildman–Crippen MR) is 84.4 cm³/mol. The first kappa shape index (κ1) is 13.2. The van der Waals surface area contributed by atoms with Crippen LogP contribution in [0.25, 0.3) is 11.0 Å². The lowest BCUT2D eigenvalue weighted by molar-refractivity contribution is -0.116. The van der Waals surface area contributed by atoms with Gasteiger partial charge in [-0.2, -0.15) is 0 Å². The maximum absolute atomic E-state index is 12.1. The smallest absolute Gasteiger partial charge is 0.244 e. The summed E-state index contributed by atoms with van der Waals surface area (Å²) < 4.78 is 1.84. The lowest BCUT2D eigenvalue weighted by Crippen LogP contribution is -2.18. The molecule has 21 heavy (non-hydrogen) atoms. The first-order valence-corrected chi connectivity index (χ1v) is 6.74. The molecule has 1 heterocycles. The van der Waals surface area contributed by atoms with Gasteiger partial charge in [-0.3, -0.25) is 4.79 Å². The zero-order valence-corrected chi connectivity index (χ0v) is 11.7. The van der Waals surface area contributed by atoms with Crippen molar-refractivity contribution in [2.75, 3.05) is 17.7 Å². The quantitative estimate of drug-likeness (QED) is 0.772. The number of fused-ring (bicyclic) bond motifs is 1. The highest BCUT2D eigenvalue weighted by Crippen LogP contribution is 2.15. The summed E-state index contributed by atoms with van der Waals surface area (Å²) in [4.78, 5) is 16.4. The van der Waals surface area contributed by atoms with E-state index in [9.17, 15) is 4.79 Å². The lowest BCUT2D eigenvalue weighted by Gasteiger charge is -2.08. The van der Waals surface area contributed by atoms with Crippen LogP contribution < -0.4 is 10.6 Å². The van der Waals surface area contributed by atoms with E-state index in [4.69, 9.17) is 0 Å². The third kappa shape index (κ3) is 2.86.